The lowest BCUT2D eigenvalue weighted by atomic mass is 10.2. The van der Waals surface area contributed by atoms with Crippen LogP contribution >= 0.6 is 0 Å². The van der Waals surface area contributed by atoms with Crippen molar-refractivity contribution in [1.82, 2.24) is 4.98 Å². The van der Waals surface area contributed by atoms with Crippen LogP contribution in [0.25, 0.3) is 6.08 Å². The Bertz CT molecular complexity index is 860. The van der Waals surface area contributed by atoms with Crippen molar-refractivity contribution in [3.63, 3.8) is 0 Å². The van der Waals surface area contributed by atoms with Gasteiger partial charge in [-0.3, -0.25) is 0 Å². The van der Waals surface area contributed by atoms with E-state index in [1.807, 2.05) is 19.9 Å². The van der Waals surface area contributed by atoms with Gasteiger partial charge in [0.15, 0.2) is 6.10 Å². The minimum absolute atomic E-state index is 0.0498. The highest BCUT2D eigenvalue weighted by Crippen LogP contribution is 2.18. The lowest BCUT2D eigenvalue weighted by Crippen LogP contribution is -2.13. The Morgan fingerprint density at radius 3 is 2.71 bits per heavy atom. The summed E-state index contributed by atoms with van der Waals surface area (Å²) in [5.74, 6) is 5.59. The molecule has 148 valence electrons. The fourth-order valence-corrected chi connectivity index (χ4v) is 2.25. The van der Waals surface area contributed by atoms with Crippen LogP contribution in [0, 0.1) is 11.8 Å². The largest absolute Gasteiger partial charge is 0.446 e. The second-order valence-electron chi connectivity index (χ2n) is 6.33. The molecule has 2 aromatic rings. The number of aliphatic hydroxyl groups is 1. The van der Waals surface area contributed by atoms with Gasteiger partial charge in [0.05, 0.1) is 11.7 Å². The van der Waals surface area contributed by atoms with Crippen molar-refractivity contribution < 1.29 is 23.8 Å². The van der Waals surface area contributed by atoms with Crippen molar-refractivity contribution >= 4 is 12.0 Å². The van der Waals surface area contributed by atoms with E-state index in [9.17, 15) is 9.90 Å². The van der Waals surface area contributed by atoms with Crippen LogP contribution < -0.4 is 0 Å². The van der Waals surface area contributed by atoms with E-state index in [0.717, 1.165) is 5.57 Å². The summed E-state index contributed by atoms with van der Waals surface area (Å²) in [4.78, 5) is 16.2. The van der Waals surface area contributed by atoms with Crippen molar-refractivity contribution in [3.8, 4) is 11.8 Å². The quantitative estimate of drug-likeness (QED) is 0.579. The molecule has 0 spiro atoms. The van der Waals surface area contributed by atoms with E-state index in [-0.39, 0.29) is 12.5 Å². The summed E-state index contributed by atoms with van der Waals surface area (Å²) >= 11 is 0. The third-order valence-electron chi connectivity index (χ3n) is 4.12. The van der Waals surface area contributed by atoms with E-state index in [2.05, 4.69) is 16.8 Å². The minimum atomic E-state index is -0.893. The molecule has 0 aliphatic rings. The van der Waals surface area contributed by atoms with Gasteiger partial charge in [0, 0.05) is 19.6 Å². The molecule has 0 aliphatic heterocycles. The number of hydrogen-bond donors (Lipinski definition) is 1. The first kappa shape index (κ1) is 21.4. The molecule has 2 unspecified atom stereocenters. The van der Waals surface area contributed by atoms with E-state index in [4.69, 9.17) is 13.9 Å². The number of hydrogen-bond acceptors (Lipinski definition) is 6. The van der Waals surface area contributed by atoms with Gasteiger partial charge in [-0.15, -0.1) is 0 Å². The van der Waals surface area contributed by atoms with Crippen LogP contribution in [0.3, 0.4) is 0 Å². The van der Waals surface area contributed by atoms with E-state index in [1.54, 1.807) is 44.4 Å². The monoisotopic (exact) mass is 383 g/mol. The van der Waals surface area contributed by atoms with E-state index in [0.29, 0.717) is 17.1 Å². The number of ether oxygens (including phenoxy) is 2. The normalized spacial score (nSPS) is 14.5. The van der Waals surface area contributed by atoms with Crippen LogP contribution in [-0.2, 0) is 9.47 Å². The van der Waals surface area contributed by atoms with Crippen LogP contribution in [0.1, 0.15) is 55.2 Å². The number of esters is 1. The van der Waals surface area contributed by atoms with Crippen LogP contribution in [0.4, 0.5) is 0 Å². The zero-order chi connectivity index (χ0) is 20.5. The summed E-state index contributed by atoms with van der Waals surface area (Å²) in [5.41, 5.74) is 1.82. The molecule has 6 nitrogen and oxygen atoms in total. The summed E-state index contributed by atoms with van der Waals surface area (Å²) < 4.78 is 15.8. The lowest BCUT2D eigenvalue weighted by molar-refractivity contribution is 0.0438. The van der Waals surface area contributed by atoms with Crippen LogP contribution in [0.2, 0.25) is 0 Å². The fourth-order valence-electron chi connectivity index (χ4n) is 2.25. The van der Waals surface area contributed by atoms with Crippen molar-refractivity contribution in [2.24, 2.45) is 0 Å². The highest BCUT2D eigenvalue weighted by molar-refractivity contribution is 5.89. The Balaban J connectivity index is 1.89. The SMILES string of the molecule is CO[C@H](C)/C(C)=C/c1nc(C(O)CC#CC(C)OC(=O)c2ccccc2)co1. The Kier molecular flexibility index (Phi) is 8.00. The Morgan fingerprint density at radius 2 is 2.04 bits per heavy atom. The van der Waals surface area contributed by atoms with Gasteiger partial charge in [0.1, 0.15) is 18.1 Å². The molecule has 1 N–H and O–H groups in total. The molecule has 0 aliphatic carbocycles. The minimum Gasteiger partial charge on any atom is -0.446 e. The number of carbonyl (C=O) groups excluding carboxylic acids is 1. The third kappa shape index (κ3) is 6.38. The van der Waals surface area contributed by atoms with Crippen molar-refractivity contribution in [1.29, 1.82) is 0 Å². The van der Waals surface area contributed by atoms with Gasteiger partial charge in [-0.25, -0.2) is 9.78 Å². The zero-order valence-corrected chi connectivity index (χ0v) is 16.5. The molecule has 28 heavy (non-hydrogen) atoms. The molecule has 0 saturated heterocycles. The Morgan fingerprint density at radius 1 is 1.32 bits per heavy atom. The summed E-state index contributed by atoms with van der Waals surface area (Å²) in [6.45, 7) is 5.52. The first-order chi connectivity index (χ1) is 13.4. The molecule has 1 aromatic heterocycles. The average molecular weight is 383 g/mol. The predicted molar refractivity (Wildman–Crippen MR) is 105 cm³/mol. The summed E-state index contributed by atoms with van der Waals surface area (Å²) in [5, 5.41) is 10.2. The van der Waals surface area contributed by atoms with E-state index in [1.165, 1.54) is 6.26 Å². The molecule has 0 fully saturated rings. The highest BCUT2D eigenvalue weighted by atomic mass is 16.5. The van der Waals surface area contributed by atoms with E-state index < -0.39 is 18.2 Å². The molecule has 0 bridgehead atoms. The highest BCUT2D eigenvalue weighted by Gasteiger charge is 2.13. The number of aromatic nitrogens is 1. The van der Waals surface area contributed by atoms with Crippen molar-refractivity contribution in [2.75, 3.05) is 7.11 Å². The number of rotatable bonds is 7. The number of benzene rings is 1. The van der Waals surface area contributed by atoms with Crippen LogP contribution in [0.5, 0.6) is 0 Å². The van der Waals surface area contributed by atoms with Gasteiger partial charge >= 0.3 is 5.97 Å². The number of methoxy groups -OCH3 is 1. The first-order valence-corrected chi connectivity index (χ1v) is 8.99. The van der Waals surface area contributed by atoms with Crippen molar-refractivity contribution in [3.05, 3.63) is 59.3 Å². The second-order valence-corrected chi connectivity index (χ2v) is 6.33. The van der Waals surface area contributed by atoms with E-state index >= 15 is 0 Å². The lowest BCUT2D eigenvalue weighted by Gasteiger charge is -2.08. The molecule has 1 heterocycles. The molecular formula is C22H25NO5. The molecule has 1 aromatic carbocycles. The molecular weight excluding hydrogens is 358 g/mol. The van der Waals surface area contributed by atoms with Crippen LogP contribution in [-0.4, -0.2) is 35.4 Å². The third-order valence-corrected chi connectivity index (χ3v) is 4.12. The number of aliphatic hydroxyl groups excluding tert-OH is 1. The number of carbonyl (C=O) groups is 1. The summed E-state index contributed by atoms with van der Waals surface area (Å²) in [7, 11) is 1.63. The molecule has 0 radical (unpaired) electrons. The molecule has 0 amide bonds. The smallest absolute Gasteiger partial charge is 0.339 e. The maximum absolute atomic E-state index is 12.0. The zero-order valence-electron chi connectivity index (χ0n) is 16.5. The number of nitrogens with zero attached hydrogens (tertiary/aromatic N) is 1. The van der Waals surface area contributed by atoms with Gasteiger partial charge in [-0.2, -0.15) is 0 Å². The topological polar surface area (TPSA) is 81.8 Å². The Labute approximate surface area is 165 Å². The standard InChI is InChI=1S/C22H25NO5/c1-15(17(3)26-4)13-21-23-19(14-27-21)20(24)12-8-9-16(2)28-22(25)18-10-6-5-7-11-18/h5-7,10-11,13-14,16-17,20,24H,12H2,1-4H3/b15-13+/t16?,17-,20?/m1/s1. The molecule has 0 saturated carbocycles. The second kappa shape index (κ2) is 10.5. The van der Waals surface area contributed by atoms with Gasteiger partial charge in [-0.1, -0.05) is 30.0 Å². The molecule has 3 atom stereocenters. The first-order valence-electron chi connectivity index (χ1n) is 8.99. The van der Waals surface area contributed by atoms with Gasteiger partial charge in [0.25, 0.3) is 0 Å². The van der Waals surface area contributed by atoms with Gasteiger partial charge in [0.2, 0.25) is 5.89 Å². The maximum Gasteiger partial charge on any atom is 0.339 e. The predicted octanol–water partition coefficient (Wildman–Crippen LogP) is 3.79. The fraction of sp³-hybridized carbons (Fsp3) is 0.364. The summed E-state index contributed by atoms with van der Waals surface area (Å²) in [6.07, 6.45) is 1.79. The van der Waals surface area contributed by atoms with Crippen LogP contribution in [0.15, 0.2) is 46.6 Å². The maximum atomic E-state index is 12.0. The van der Waals surface area contributed by atoms with Gasteiger partial charge in [-0.05, 0) is 38.5 Å². The average Bonchev–Trinajstić information content (AvgIpc) is 3.16. The molecule has 2 rings (SSSR count). The van der Waals surface area contributed by atoms with Gasteiger partial charge < -0.3 is 19.0 Å². The van der Waals surface area contributed by atoms with Crippen molar-refractivity contribution in [2.45, 2.75) is 45.5 Å². The number of oxazole rings is 1. The molecule has 6 heteroatoms. The Hall–Kier alpha value is -2.88. The summed E-state index contributed by atoms with van der Waals surface area (Å²) in [6, 6.07) is 8.71.